The van der Waals surface area contributed by atoms with E-state index in [1.807, 2.05) is 34.6 Å². The quantitative estimate of drug-likeness (QED) is 0.638. The topological polar surface area (TPSA) is 93.4 Å². The third-order valence-electron chi connectivity index (χ3n) is 5.22. The van der Waals surface area contributed by atoms with Crippen molar-refractivity contribution in [1.29, 1.82) is 0 Å². The Morgan fingerprint density at radius 3 is 2.75 bits per heavy atom. The first-order valence-corrected chi connectivity index (χ1v) is 10.9. The number of methoxy groups -OCH3 is 2. The lowest BCUT2D eigenvalue weighted by molar-refractivity contribution is -0.136. The van der Waals surface area contributed by atoms with Crippen LogP contribution in [0.3, 0.4) is 0 Å². The minimum Gasteiger partial charge on any atom is -0.496 e. The number of nitrogens with zero attached hydrogens (tertiary/aromatic N) is 2. The Morgan fingerprint density at radius 1 is 1.22 bits per heavy atom. The van der Waals surface area contributed by atoms with E-state index in [2.05, 4.69) is 10.3 Å². The fourth-order valence-electron chi connectivity index (χ4n) is 3.75. The largest absolute Gasteiger partial charge is 0.496 e. The number of para-hydroxylation sites is 1. The maximum absolute atomic E-state index is 12.8. The van der Waals surface area contributed by atoms with E-state index in [1.165, 1.54) is 18.9 Å². The van der Waals surface area contributed by atoms with Gasteiger partial charge < -0.3 is 24.1 Å². The second kappa shape index (κ2) is 9.35. The summed E-state index contributed by atoms with van der Waals surface area (Å²) in [4.78, 5) is 32.0. The van der Waals surface area contributed by atoms with E-state index in [-0.39, 0.29) is 12.3 Å². The number of fused-ring (bicyclic) bond motifs is 1. The molecule has 0 fully saturated rings. The van der Waals surface area contributed by atoms with Gasteiger partial charge in [0.1, 0.15) is 11.5 Å². The zero-order valence-electron chi connectivity index (χ0n) is 18.0. The zero-order valence-corrected chi connectivity index (χ0v) is 18.8. The smallest absolute Gasteiger partial charge is 0.338 e. The van der Waals surface area contributed by atoms with E-state index < -0.39 is 12.0 Å². The highest BCUT2D eigenvalue weighted by Gasteiger charge is 2.42. The molecule has 0 aliphatic carbocycles. The molecule has 8 nitrogen and oxygen atoms in total. The molecule has 0 spiro atoms. The van der Waals surface area contributed by atoms with Gasteiger partial charge in [0, 0.05) is 11.3 Å². The van der Waals surface area contributed by atoms with Gasteiger partial charge in [0.05, 0.1) is 50.8 Å². The monoisotopic (exact) mass is 453 g/mol. The molecular weight excluding hydrogens is 430 g/mol. The van der Waals surface area contributed by atoms with E-state index in [0.717, 1.165) is 11.3 Å². The van der Waals surface area contributed by atoms with Crippen LogP contribution in [0.15, 0.2) is 74.4 Å². The number of esters is 1. The van der Waals surface area contributed by atoms with Crippen LogP contribution in [-0.2, 0) is 20.9 Å². The van der Waals surface area contributed by atoms with Crippen LogP contribution in [0.4, 0.5) is 0 Å². The third kappa shape index (κ3) is 4.16. The van der Waals surface area contributed by atoms with Gasteiger partial charge in [0.25, 0.3) is 0 Å². The van der Waals surface area contributed by atoms with Gasteiger partial charge in [0.2, 0.25) is 5.91 Å². The molecule has 2 aliphatic rings. The van der Waals surface area contributed by atoms with Gasteiger partial charge in [-0.25, -0.2) is 9.79 Å². The number of carbonyl (C=O) groups excluding carboxylic acids is 2. The van der Waals surface area contributed by atoms with Crippen LogP contribution in [0.25, 0.3) is 0 Å². The van der Waals surface area contributed by atoms with Crippen molar-refractivity contribution in [1.82, 2.24) is 10.2 Å². The van der Waals surface area contributed by atoms with Crippen LogP contribution in [0, 0.1) is 0 Å². The molecular formula is C23H23N3O5S. The average Bonchev–Trinajstić information content (AvgIpc) is 3.46. The van der Waals surface area contributed by atoms with Crippen molar-refractivity contribution >= 4 is 28.8 Å². The number of aliphatic imine (C=N–C) groups is 1. The number of hydrogen-bond acceptors (Lipinski definition) is 8. The van der Waals surface area contributed by atoms with Crippen LogP contribution in [-0.4, -0.2) is 36.2 Å². The van der Waals surface area contributed by atoms with Gasteiger partial charge in [-0.15, -0.1) is 0 Å². The fraction of sp³-hybridized carbons (Fsp3) is 0.261. The summed E-state index contributed by atoms with van der Waals surface area (Å²) in [5.41, 5.74) is 2.50. The zero-order chi connectivity index (χ0) is 22.7. The van der Waals surface area contributed by atoms with Crippen molar-refractivity contribution < 1.29 is 23.5 Å². The third-order valence-corrected chi connectivity index (χ3v) is 6.11. The van der Waals surface area contributed by atoms with Gasteiger partial charge in [-0.2, -0.15) is 0 Å². The number of benzene rings is 1. The van der Waals surface area contributed by atoms with Crippen molar-refractivity contribution in [3.05, 3.63) is 76.4 Å². The number of rotatable bonds is 7. The molecule has 0 radical (unpaired) electrons. The Bertz CT molecular complexity index is 1120. The second-order valence-electron chi connectivity index (χ2n) is 7.16. The van der Waals surface area contributed by atoms with Crippen molar-refractivity contribution in [2.75, 3.05) is 14.2 Å². The lowest BCUT2D eigenvalue weighted by Gasteiger charge is -2.36. The van der Waals surface area contributed by atoms with Crippen molar-refractivity contribution in [3.63, 3.8) is 0 Å². The highest BCUT2D eigenvalue weighted by molar-refractivity contribution is 8.16. The van der Waals surface area contributed by atoms with E-state index in [1.54, 1.807) is 32.4 Å². The maximum atomic E-state index is 12.8. The second-order valence-corrected chi connectivity index (χ2v) is 8.00. The van der Waals surface area contributed by atoms with Crippen LogP contribution < -0.4 is 10.1 Å². The van der Waals surface area contributed by atoms with Crippen LogP contribution in [0.2, 0.25) is 0 Å². The molecule has 1 atom stereocenters. The summed E-state index contributed by atoms with van der Waals surface area (Å²) >= 11 is 1.42. The van der Waals surface area contributed by atoms with Crippen molar-refractivity contribution in [2.24, 2.45) is 4.99 Å². The Labute approximate surface area is 190 Å². The number of furan rings is 1. The SMILES string of the molecule is COC(=O)C1=C(C)N=C2SC=C(CC(=O)NCc3ccco3)N2C1c1ccccc1OC. The summed E-state index contributed by atoms with van der Waals surface area (Å²) in [5.74, 6) is 0.664. The number of thioether (sulfide) groups is 1. The normalized spacial score (nSPS) is 17.5. The molecule has 1 amide bonds. The summed E-state index contributed by atoms with van der Waals surface area (Å²) < 4.78 is 15.9. The predicted molar refractivity (Wildman–Crippen MR) is 121 cm³/mol. The Kier molecular flexibility index (Phi) is 6.36. The molecule has 2 aliphatic heterocycles. The Hall–Kier alpha value is -3.46. The van der Waals surface area contributed by atoms with Crippen LogP contribution in [0.5, 0.6) is 5.75 Å². The van der Waals surface area contributed by atoms with Gasteiger partial charge in [-0.3, -0.25) is 4.79 Å². The fourth-order valence-corrected chi connectivity index (χ4v) is 4.72. The van der Waals surface area contributed by atoms with Gasteiger partial charge in [0.15, 0.2) is 5.17 Å². The molecule has 0 bridgehead atoms. The molecule has 1 aromatic carbocycles. The Morgan fingerprint density at radius 2 is 2.03 bits per heavy atom. The maximum Gasteiger partial charge on any atom is 0.338 e. The number of carbonyl (C=O) groups is 2. The minimum atomic E-state index is -0.537. The molecule has 4 rings (SSSR count). The molecule has 1 N–H and O–H groups in total. The number of amides is 1. The minimum absolute atomic E-state index is 0.117. The molecule has 166 valence electrons. The number of nitrogens with one attached hydrogen (secondary N) is 1. The number of hydrogen-bond donors (Lipinski definition) is 1. The summed E-state index contributed by atoms with van der Waals surface area (Å²) in [6.45, 7) is 2.09. The van der Waals surface area contributed by atoms with E-state index in [0.29, 0.717) is 34.5 Å². The molecule has 2 aromatic rings. The van der Waals surface area contributed by atoms with Crippen LogP contribution >= 0.6 is 11.8 Å². The lowest BCUT2D eigenvalue weighted by atomic mass is 9.93. The summed E-state index contributed by atoms with van der Waals surface area (Å²) in [5, 5.41) is 5.45. The van der Waals surface area contributed by atoms with E-state index >= 15 is 0 Å². The number of allylic oxidation sites excluding steroid dienone is 1. The summed E-state index contributed by atoms with van der Waals surface area (Å²) in [6, 6.07) is 10.5. The lowest BCUT2D eigenvalue weighted by Crippen LogP contribution is -2.38. The number of amidine groups is 1. The molecule has 1 unspecified atom stereocenters. The van der Waals surface area contributed by atoms with Gasteiger partial charge >= 0.3 is 5.97 Å². The molecule has 9 heteroatoms. The molecule has 0 saturated carbocycles. The highest BCUT2D eigenvalue weighted by atomic mass is 32.2. The standard InChI is InChI=1S/C23H23N3O5S/c1-14-20(22(28)30-3)21(17-8-4-5-9-18(17)29-2)26-15(13-32-23(26)25-14)11-19(27)24-12-16-7-6-10-31-16/h4-10,13,21H,11-12H2,1-3H3,(H,24,27). The molecule has 3 heterocycles. The average molecular weight is 454 g/mol. The van der Waals surface area contributed by atoms with E-state index in [4.69, 9.17) is 13.9 Å². The van der Waals surface area contributed by atoms with Crippen molar-refractivity contribution in [3.8, 4) is 5.75 Å². The summed E-state index contributed by atoms with van der Waals surface area (Å²) in [6.07, 6.45) is 1.68. The summed E-state index contributed by atoms with van der Waals surface area (Å²) in [7, 11) is 2.93. The Balaban J connectivity index is 1.66. The first-order chi connectivity index (χ1) is 15.5. The first-order valence-electron chi connectivity index (χ1n) is 9.98. The first kappa shape index (κ1) is 21.8. The van der Waals surface area contributed by atoms with Gasteiger partial charge in [-0.05, 0) is 30.5 Å². The van der Waals surface area contributed by atoms with Gasteiger partial charge in [-0.1, -0.05) is 30.0 Å². The van der Waals surface area contributed by atoms with E-state index in [9.17, 15) is 9.59 Å². The molecule has 1 aromatic heterocycles. The predicted octanol–water partition coefficient (Wildman–Crippen LogP) is 3.74. The number of ether oxygens (including phenoxy) is 2. The highest BCUT2D eigenvalue weighted by Crippen LogP contribution is 2.46. The molecule has 0 saturated heterocycles. The van der Waals surface area contributed by atoms with Crippen LogP contribution in [0.1, 0.15) is 30.7 Å². The van der Waals surface area contributed by atoms with Crippen molar-refractivity contribution in [2.45, 2.75) is 25.9 Å². The molecule has 32 heavy (non-hydrogen) atoms.